The standard InChI is InChI=1S/C25H23ClN2O/c26-20-12-10-19(11-13-20)24-16-22(21-8-4-5-9-23(21)28-24)25(29)17-27-15-14-18-6-2-1-3-7-18/h1-13,16,25,27,29H,14-15,17H2. The highest BCUT2D eigenvalue weighted by molar-refractivity contribution is 6.30. The van der Waals surface area contributed by atoms with Crippen LogP contribution in [-0.2, 0) is 6.42 Å². The molecule has 0 bridgehead atoms. The molecule has 4 heteroatoms. The Morgan fingerprint density at radius 2 is 1.62 bits per heavy atom. The van der Waals surface area contributed by atoms with Crippen LogP contribution in [0.15, 0.2) is 84.9 Å². The van der Waals surface area contributed by atoms with Gasteiger partial charge in [-0.15, -0.1) is 0 Å². The second kappa shape index (κ2) is 9.19. The first-order chi connectivity index (χ1) is 14.2. The number of pyridine rings is 1. The van der Waals surface area contributed by atoms with Crippen molar-refractivity contribution < 1.29 is 5.11 Å². The summed E-state index contributed by atoms with van der Waals surface area (Å²) in [5.41, 5.74) is 4.85. The zero-order valence-electron chi connectivity index (χ0n) is 16.1. The lowest BCUT2D eigenvalue weighted by atomic mass is 10.00. The molecule has 0 saturated heterocycles. The van der Waals surface area contributed by atoms with Crippen LogP contribution in [0.1, 0.15) is 17.2 Å². The molecule has 0 aliphatic rings. The van der Waals surface area contributed by atoms with Gasteiger partial charge in [0.1, 0.15) is 0 Å². The number of fused-ring (bicyclic) bond motifs is 1. The van der Waals surface area contributed by atoms with E-state index in [0.717, 1.165) is 40.7 Å². The Balaban J connectivity index is 1.54. The van der Waals surface area contributed by atoms with Crippen LogP contribution in [0, 0.1) is 0 Å². The Hall–Kier alpha value is -2.72. The summed E-state index contributed by atoms with van der Waals surface area (Å²) < 4.78 is 0. The SMILES string of the molecule is OC(CNCCc1ccccc1)c1cc(-c2ccc(Cl)cc2)nc2ccccc12. The molecule has 0 spiro atoms. The molecule has 2 N–H and O–H groups in total. The Labute approximate surface area is 176 Å². The highest BCUT2D eigenvalue weighted by Gasteiger charge is 2.14. The quantitative estimate of drug-likeness (QED) is 0.405. The summed E-state index contributed by atoms with van der Waals surface area (Å²) in [5.74, 6) is 0. The van der Waals surface area contributed by atoms with Gasteiger partial charge in [0.2, 0.25) is 0 Å². The number of hydrogen-bond donors (Lipinski definition) is 2. The molecule has 3 aromatic carbocycles. The molecule has 29 heavy (non-hydrogen) atoms. The number of nitrogens with one attached hydrogen (secondary N) is 1. The van der Waals surface area contributed by atoms with Gasteiger partial charge in [0.25, 0.3) is 0 Å². The van der Waals surface area contributed by atoms with Crippen molar-refractivity contribution in [3.63, 3.8) is 0 Å². The third kappa shape index (κ3) is 4.83. The maximum absolute atomic E-state index is 10.9. The topological polar surface area (TPSA) is 45.1 Å². The molecule has 1 unspecified atom stereocenters. The van der Waals surface area contributed by atoms with Crippen molar-refractivity contribution >= 4 is 22.5 Å². The summed E-state index contributed by atoms with van der Waals surface area (Å²) in [6, 6.07) is 27.9. The van der Waals surface area contributed by atoms with Crippen molar-refractivity contribution in [1.29, 1.82) is 0 Å². The van der Waals surface area contributed by atoms with E-state index >= 15 is 0 Å². The van der Waals surface area contributed by atoms with E-state index in [0.29, 0.717) is 11.6 Å². The molecule has 0 amide bonds. The van der Waals surface area contributed by atoms with Crippen LogP contribution in [0.5, 0.6) is 0 Å². The number of benzene rings is 3. The Morgan fingerprint density at radius 1 is 0.897 bits per heavy atom. The van der Waals surface area contributed by atoms with Crippen LogP contribution in [0.2, 0.25) is 5.02 Å². The fraction of sp³-hybridized carbons (Fsp3) is 0.160. The molecule has 0 aliphatic carbocycles. The van der Waals surface area contributed by atoms with E-state index in [1.54, 1.807) is 0 Å². The lowest BCUT2D eigenvalue weighted by molar-refractivity contribution is 0.176. The van der Waals surface area contributed by atoms with E-state index in [4.69, 9.17) is 16.6 Å². The first-order valence-electron chi connectivity index (χ1n) is 9.79. The van der Waals surface area contributed by atoms with Crippen LogP contribution < -0.4 is 5.32 Å². The molecule has 1 heterocycles. The number of para-hydroxylation sites is 1. The second-order valence-electron chi connectivity index (χ2n) is 7.08. The average molecular weight is 403 g/mol. The molecule has 0 fully saturated rings. The molecular weight excluding hydrogens is 380 g/mol. The van der Waals surface area contributed by atoms with Gasteiger partial charge in [-0.25, -0.2) is 4.98 Å². The number of rotatable bonds is 7. The molecule has 0 aliphatic heterocycles. The molecule has 1 aromatic heterocycles. The summed E-state index contributed by atoms with van der Waals surface area (Å²) in [4.78, 5) is 4.78. The molecule has 0 radical (unpaired) electrons. The Bertz CT molecular complexity index is 1080. The van der Waals surface area contributed by atoms with E-state index in [2.05, 4.69) is 17.4 Å². The summed E-state index contributed by atoms with van der Waals surface area (Å²) in [5, 5.41) is 16.0. The van der Waals surface area contributed by atoms with Crippen LogP contribution in [0.3, 0.4) is 0 Å². The van der Waals surface area contributed by atoms with Crippen LogP contribution in [-0.4, -0.2) is 23.2 Å². The van der Waals surface area contributed by atoms with Crippen molar-refractivity contribution in [3.8, 4) is 11.3 Å². The lowest BCUT2D eigenvalue weighted by Crippen LogP contribution is -2.24. The van der Waals surface area contributed by atoms with E-state index in [9.17, 15) is 5.11 Å². The van der Waals surface area contributed by atoms with Crippen LogP contribution in [0.25, 0.3) is 22.2 Å². The molecule has 146 valence electrons. The number of halogens is 1. The normalized spacial score (nSPS) is 12.2. The molecule has 4 aromatic rings. The average Bonchev–Trinajstić information content (AvgIpc) is 2.77. The van der Waals surface area contributed by atoms with Crippen molar-refractivity contribution in [1.82, 2.24) is 10.3 Å². The van der Waals surface area contributed by atoms with Gasteiger partial charge >= 0.3 is 0 Å². The van der Waals surface area contributed by atoms with Crippen molar-refractivity contribution in [2.45, 2.75) is 12.5 Å². The molecule has 0 saturated carbocycles. The second-order valence-corrected chi connectivity index (χ2v) is 7.51. The molecule has 4 rings (SSSR count). The lowest BCUT2D eigenvalue weighted by Gasteiger charge is -2.16. The minimum Gasteiger partial charge on any atom is -0.387 e. The van der Waals surface area contributed by atoms with Crippen LogP contribution in [0.4, 0.5) is 0 Å². The minimum atomic E-state index is -0.621. The fourth-order valence-corrected chi connectivity index (χ4v) is 3.60. The third-order valence-electron chi connectivity index (χ3n) is 5.02. The third-order valence-corrected chi connectivity index (χ3v) is 5.27. The van der Waals surface area contributed by atoms with Crippen molar-refractivity contribution in [2.75, 3.05) is 13.1 Å². The maximum Gasteiger partial charge on any atom is 0.0921 e. The number of aromatic nitrogens is 1. The first-order valence-corrected chi connectivity index (χ1v) is 10.2. The zero-order chi connectivity index (χ0) is 20.1. The maximum atomic E-state index is 10.9. The number of hydrogen-bond acceptors (Lipinski definition) is 3. The van der Waals surface area contributed by atoms with Gasteiger partial charge in [0.15, 0.2) is 0 Å². The molecular formula is C25H23ClN2O. The summed E-state index contributed by atoms with van der Waals surface area (Å²) in [6.45, 7) is 1.30. The van der Waals surface area contributed by atoms with Gasteiger partial charge in [-0.2, -0.15) is 0 Å². The first kappa shape index (κ1) is 19.6. The monoisotopic (exact) mass is 402 g/mol. The van der Waals surface area contributed by atoms with Crippen molar-refractivity contribution in [2.24, 2.45) is 0 Å². The minimum absolute atomic E-state index is 0.487. The fourth-order valence-electron chi connectivity index (χ4n) is 3.47. The summed E-state index contributed by atoms with van der Waals surface area (Å²) in [7, 11) is 0. The van der Waals surface area contributed by atoms with E-state index in [-0.39, 0.29) is 0 Å². The number of aliphatic hydroxyl groups excluding tert-OH is 1. The van der Waals surface area contributed by atoms with Gasteiger partial charge in [0, 0.05) is 22.5 Å². The van der Waals surface area contributed by atoms with Gasteiger partial charge < -0.3 is 10.4 Å². The van der Waals surface area contributed by atoms with E-state index < -0.39 is 6.10 Å². The smallest absolute Gasteiger partial charge is 0.0921 e. The number of nitrogens with zero attached hydrogens (tertiary/aromatic N) is 1. The van der Waals surface area contributed by atoms with E-state index in [1.807, 2.05) is 72.8 Å². The Morgan fingerprint density at radius 3 is 2.41 bits per heavy atom. The van der Waals surface area contributed by atoms with Crippen molar-refractivity contribution in [3.05, 3.63) is 101 Å². The Kier molecular flexibility index (Phi) is 6.20. The van der Waals surface area contributed by atoms with Gasteiger partial charge in [0.05, 0.1) is 17.3 Å². The van der Waals surface area contributed by atoms with E-state index in [1.165, 1.54) is 5.56 Å². The van der Waals surface area contributed by atoms with Crippen LogP contribution >= 0.6 is 11.6 Å². The summed E-state index contributed by atoms with van der Waals surface area (Å²) >= 11 is 6.02. The largest absolute Gasteiger partial charge is 0.387 e. The predicted octanol–water partition coefficient (Wildman–Crippen LogP) is 5.42. The number of aliphatic hydroxyl groups is 1. The molecule has 3 nitrogen and oxygen atoms in total. The zero-order valence-corrected chi connectivity index (χ0v) is 16.8. The predicted molar refractivity (Wildman–Crippen MR) is 120 cm³/mol. The summed E-state index contributed by atoms with van der Waals surface area (Å²) in [6.07, 6.45) is 0.311. The van der Waals surface area contributed by atoms with Gasteiger partial charge in [-0.1, -0.05) is 72.3 Å². The molecule has 1 atom stereocenters. The van der Waals surface area contributed by atoms with Gasteiger partial charge in [-0.3, -0.25) is 0 Å². The van der Waals surface area contributed by atoms with Gasteiger partial charge in [-0.05, 0) is 48.4 Å². The highest BCUT2D eigenvalue weighted by atomic mass is 35.5. The highest BCUT2D eigenvalue weighted by Crippen LogP contribution is 2.29.